The van der Waals surface area contributed by atoms with Gasteiger partial charge >= 0.3 is 0 Å². The largest absolute Gasteiger partial charge is 0.347 e. The average molecular weight is 215 g/mol. The zero-order valence-electron chi connectivity index (χ0n) is 9.61. The molecule has 3 nitrogen and oxygen atoms in total. The minimum absolute atomic E-state index is 0.707. The van der Waals surface area contributed by atoms with Crippen molar-refractivity contribution >= 4 is 10.9 Å². The minimum atomic E-state index is 0.707. The summed E-state index contributed by atoms with van der Waals surface area (Å²) in [4.78, 5) is 4.19. The molecule has 0 unspecified atom stereocenters. The number of aryl methyl sites for hydroxylation is 1. The van der Waals surface area contributed by atoms with Crippen LogP contribution in [-0.4, -0.2) is 22.6 Å². The number of piperidine rings is 1. The van der Waals surface area contributed by atoms with Crippen LogP contribution in [0.15, 0.2) is 24.5 Å². The first-order valence-corrected chi connectivity index (χ1v) is 5.96. The second kappa shape index (κ2) is 3.91. The molecule has 1 N–H and O–H groups in total. The molecular weight excluding hydrogens is 198 g/mol. The first kappa shape index (κ1) is 9.85. The zero-order chi connectivity index (χ0) is 11.0. The number of nitrogens with one attached hydrogen (secondary N) is 1. The maximum atomic E-state index is 4.19. The molecule has 0 bridgehead atoms. The van der Waals surface area contributed by atoms with Crippen molar-refractivity contribution in [2.75, 3.05) is 13.1 Å². The molecule has 0 aliphatic carbocycles. The predicted octanol–water partition coefficient (Wildman–Crippen LogP) is 2.04. The van der Waals surface area contributed by atoms with Gasteiger partial charge in [0.2, 0.25) is 0 Å². The SMILES string of the molecule is Cn1c(C2CCNCC2)cc2cnccc21. The number of fused-ring (bicyclic) bond motifs is 1. The van der Waals surface area contributed by atoms with E-state index in [9.17, 15) is 0 Å². The van der Waals surface area contributed by atoms with Crippen molar-refractivity contribution in [3.8, 4) is 0 Å². The molecule has 3 rings (SSSR count). The molecule has 0 aromatic carbocycles. The fourth-order valence-electron chi connectivity index (χ4n) is 2.72. The Bertz CT molecular complexity index is 495. The molecule has 1 saturated heterocycles. The lowest BCUT2D eigenvalue weighted by Crippen LogP contribution is -2.27. The summed E-state index contributed by atoms with van der Waals surface area (Å²) in [5.74, 6) is 0.707. The van der Waals surface area contributed by atoms with Crippen molar-refractivity contribution in [1.29, 1.82) is 0 Å². The van der Waals surface area contributed by atoms with E-state index in [1.54, 1.807) is 0 Å². The normalized spacial score (nSPS) is 18.1. The summed E-state index contributed by atoms with van der Waals surface area (Å²) in [6, 6.07) is 4.40. The van der Waals surface area contributed by atoms with E-state index in [-0.39, 0.29) is 0 Å². The van der Waals surface area contributed by atoms with Gasteiger partial charge in [0.15, 0.2) is 0 Å². The number of hydrogen-bond acceptors (Lipinski definition) is 2. The summed E-state index contributed by atoms with van der Waals surface area (Å²) >= 11 is 0. The van der Waals surface area contributed by atoms with Crippen LogP contribution in [-0.2, 0) is 7.05 Å². The highest BCUT2D eigenvalue weighted by atomic mass is 15.0. The molecule has 0 amide bonds. The average Bonchev–Trinajstić information content (AvgIpc) is 2.69. The van der Waals surface area contributed by atoms with Crippen LogP contribution in [0.5, 0.6) is 0 Å². The Morgan fingerprint density at radius 1 is 1.38 bits per heavy atom. The van der Waals surface area contributed by atoms with Crippen molar-refractivity contribution in [1.82, 2.24) is 14.9 Å². The van der Waals surface area contributed by atoms with E-state index in [4.69, 9.17) is 0 Å². The zero-order valence-corrected chi connectivity index (χ0v) is 9.61. The molecule has 2 aromatic heterocycles. The lowest BCUT2D eigenvalue weighted by atomic mass is 9.94. The van der Waals surface area contributed by atoms with Gasteiger partial charge in [0.05, 0.1) is 5.52 Å². The number of rotatable bonds is 1. The maximum absolute atomic E-state index is 4.19. The summed E-state index contributed by atoms with van der Waals surface area (Å²) in [5, 5.41) is 4.68. The summed E-state index contributed by atoms with van der Waals surface area (Å²) < 4.78 is 2.33. The van der Waals surface area contributed by atoms with Crippen LogP contribution in [0.25, 0.3) is 10.9 Å². The van der Waals surface area contributed by atoms with Gasteiger partial charge in [0, 0.05) is 36.4 Å². The lowest BCUT2D eigenvalue weighted by molar-refractivity contribution is 0.447. The molecule has 0 atom stereocenters. The highest BCUT2D eigenvalue weighted by Crippen LogP contribution is 2.29. The van der Waals surface area contributed by atoms with Crippen molar-refractivity contribution in [2.45, 2.75) is 18.8 Å². The third-order valence-electron chi connectivity index (χ3n) is 3.64. The molecular formula is C13H17N3. The van der Waals surface area contributed by atoms with Gasteiger partial charge in [-0.25, -0.2) is 0 Å². The van der Waals surface area contributed by atoms with E-state index in [0.717, 1.165) is 13.1 Å². The second-order valence-corrected chi connectivity index (χ2v) is 4.59. The number of nitrogens with zero attached hydrogens (tertiary/aromatic N) is 2. The van der Waals surface area contributed by atoms with Gasteiger partial charge in [0.1, 0.15) is 0 Å². The Kier molecular flexibility index (Phi) is 2.40. The molecule has 1 fully saturated rings. The Labute approximate surface area is 95.5 Å². The Balaban J connectivity index is 2.05. The summed E-state index contributed by atoms with van der Waals surface area (Å²) in [6.07, 6.45) is 6.32. The van der Waals surface area contributed by atoms with Crippen LogP contribution >= 0.6 is 0 Å². The molecule has 3 heterocycles. The van der Waals surface area contributed by atoms with Crippen LogP contribution in [0.4, 0.5) is 0 Å². The lowest BCUT2D eigenvalue weighted by Gasteiger charge is -2.23. The van der Waals surface area contributed by atoms with Gasteiger partial charge in [-0.3, -0.25) is 4.98 Å². The predicted molar refractivity (Wildman–Crippen MR) is 65.6 cm³/mol. The third-order valence-corrected chi connectivity index (χ3v) is 3.64. The smallest absolute Gasteiger partial charge is 0.0511 e. The molecule has 0 saturated carbocycles. The molecule has 16 heavy (non-hydrogen) atoms. The monoisotopic (exact) mass is 215 g/mol. The van der Waals surface area contributed by atoms with Gasteiger partial charge in [-0.1, -0.05) is 0 Å². The topological polar surface area (TPSA) is 29.9 Å². The molecule has 1 aliphatic heterocycles. The number of aromatic nitrogens is 2. The Hall–Kier alpha value is -1.35. The van der Waals surface area contributed by atoms with E-state index in [0.29, 0.717) is 5.92 Å². The van der Waals surface area contributed by atoms with E-state index >= 15 is 0 Å². The van der Waals surface area contributed by atoms with Crippen LogP contribution in [0.3, 0.4) is 0 Å². The van der Waals surface area contributed by atoms with Crippen molar-refractivity contribution in [3.05, 3.63) is 30.2 Å². The van der Waals surface area contributed by atoms with Crippen LogP contribution in [0.2, 0.25) is 0 Å². The first-order chi connectivity index (χ1) is 7.86. The minimum Gasteiger partial charge on any atom is -0.347 e. The van der Waals surface area contributed by atoms with Gasteiger partial charge in [0.25, 0.3) is 0 Å². The number of pyridine rings is 1. The van der Waals surface area contributed by atoms with Crippen molar-refractivity contribution < 1.29 is 0 Å². The molecule has 1 aliphatic rings. The highest BCUT2D eigenvalue weighted by Gasteiger charge is 2.18. The van der Waals surface area contributed by atoms with Gasteiger partial charge in [-0.15, -0.1) is 0 Å². The maximum Gasteiger partial charge on any atom is 0.0511 e. The van der Waals surface area contributed by atoms with Crippen LogP contribution < -0.4 is 5.32 Å². The Morgan fingerprint density at radius 3 is 2.94 bits per heavy atom. The van der Waals surface area contributed by atoms with E-state index in [2.05, 4.69) is 34.0 Å². The molecule has 2 aromatic rings. The fourth-order valence-corrected chi connectivity index (χ4v) is 2.72. The van der Waals surface area contributed by atoms with Crippen molar-refractivity contribution in [3.63, 3.8) is 0 Å². The Morgan fingerprint density at radius 2 is 2.19 bits per heavy atom. The molecule has 3 heteroatoms. The highest BCUT2D eigenvalue weighted by molar-refractivity contribution is 5.80. The van der Waals surface area contributed by atoms with Gasteiger partial charge < -0.3 is 9.88 Å². The van der Waals surface area contributed by atoms with E-state index in [1.165, 1.54) is 29.4 Å². The van der Waals surface area contributed by atoms with Crippen LogP contribution in [0.1, 0.15) is 24.5 Å². The summed E-state index contributed by atoms with van der Waals surface area (Å²) in [7, 11) is 2.17. The summed E-state index contributed by atoms with van der Waals surface area (Å²) in [5.41, 5.74) is 2.76. The molecule has 0 radical (unpaired) electrons. The van der Waals surface area contributed by atoms with Crippen molar-refractivity contribution in [2.24, 2.45) is 7.05 Å². The first-order valence-electron chi connectivity index (χ1n) is 5.96. The fraction of sp³-hybridized carbons (Fsp3) is 0.462. The number of hydrogen-bond donors (Lipinski definition) is 1. The standard InChI is InChI=1S/C13H17N3/c1-16-12-4-7-15-9-11(12)8-13(16)10-2-5-14-6-3-10/h4,7-10,14H,2-3,5-6H2,1H3. The molecule has 0 spiro atoms. The second-order valence-electron chi connectivity index (χ2n) is 4.59. The van der Waals surface area contributed by atoms with E-state index < -0.39 is 0 Å². The summed E-state index contributed by atoms with van der Waals surface area (Å²) in [6.45, 7) is 2.29. The van der Waals surface area contributed by atoms with Gasteiger partial charge in [-0.05, 0) is 38.1 Å². The van der Waals surface area contributed by atoms with E-state index in [1.807, 2.05) is 12.4 Å². The van der Waals surface area contributed by atoms with Gasteiger partial charge in [-0.2, -0.15) is 0 Å². The quantitative estimate of drug-likeness (QED) is 0.789. The molecule has 84 valence electrons. The van der Waals surface area contributed by atoms with Crippen LogP contribution in [0, 0.1) is 0 Å². The third kappa shape index (κ3) is 1.52.